The second kappa shape index (κ2) is 9.06. The van der Waals surface area contributed by atoms with Crippen LogP contribution in [0.25, 0.3) is 0 Å². The van der Waals surface area contributed by atoms with Gasteiger partial charge in [-0.25, -0.2) is 0 Å². The molecule has 2 heterocycles. The molecule has 0 aromatic carbocycles. The number of carbonyl (C=O) groups excluding carboxylic acids is 2. The third kappa shape index (κ3) is 4.34. The number of rotatable bonds is 3. The average Bonchev–Trinajstić information content (AvgIpc) is 2.72. The van der Waals surface area contributed by atoms with Crippen LogP contribution < -0.4 is 14.8 Å². The van der Waals surface area contributed by atoms with E-state index in [1.54, 1.807) is 12.1 Å². The molecule has 3 rings (SSSR count). The molecule has 1 aromatic rings. The highest BCUT2D eigenvalue weighted by atomic mass is 16.5. The molecule has 1 aliphatic heterocycles. The largest absolute Gasteiger partial charge is 0.481 e. The second-order valence-corrected chi connectivity index (χ2v) is 7.22. The van der Waals surface area contributed by atoms with Crippen LogP contribution in [0.2, 0.25) is 0 Å². The van der Waals surface area contributed by atoms with Crippen LogP contribution in [0.5, 0.6) is 11.8 Å². The Hall–Kier alpha value is -2.31. The Morgan fingerprint density at radius 2 is 1.93 bits per heavy atom. The number of amides is 2. The first-order chi connectivity index (χ1) is 13.2. The van der Waals surface area contributed by atoms with Crippen LogP contribution in [-0.2, 0) is 4.79 Å². The normalized spacial score (nSPS) is 23.8. The molecule has 0 radical (unpaired) electrons. The molecule has 2 atom stereocenters. The summed E-state index contributed by atoms with van der Waals surface area (Å²) in [5, 5.41) is 3.06. The lowest BCUT2D eigenvalue weighted by molar-refractivity contribution is -0.128. The predicted octanol–water partition coefficient (Wildman–Crippen LogP) is 2.40. The van der Waals surface area contributed by atoms with E-state index >= 15 is 0 Å². The zero-order valence-electron chi connectivity index (χ0n) is 16.2. The van der Waals surface area contributed by atoms with Gasteiger partial charge in [-0.3, -0.25) is 9.59 Å². The highest BCUT2D eigenvalue weighted by molar-refractivity contribution is 5.97. The summed E-state index contributed by atoms with van der Waals surface area (Å²) in [5.74, 6) is 0.483. The second-order valence-electron chi connectivity index (χ2n) is 7.22. The first-order valence-electron chi connectivity index (χ1n) is 9.83. The molecule has 7 heteroatoms. The van der Waals surface area contributed by atoms with E-state index in [1.807, 2.05) is 4.90 Å². The Morgan fingerprint density at radius 1 is 1.11 bits per heavy atom. The molecule has 1 saturated carbocycles. The van der Waals surface area contributed by atoms with E-state index in [4.69, 9.17) is 9.47 Å². The van der Waals surface area contributed by atoms with Gasteiger partial charge in [0.05, 0.1) is 20.1 Å². The standard InChI is InChI=1S/C20H29N3O4/c1-26-17-11-10-15(19(22-17)27-2)20(25)23-13-7-3-6-12-21-18(24)14-8-4-5-9-16(14)23/h10-11,14,16H,3-9,12-13H2,1-2H3,(H,21,24)/t14-,16+/m1/s1. The van der Waals surface area contributed by atoms with Crippen LogP contribution in [-0.4, -0.2) is 55.0 Å². The third-order valence-corrected chi connectivity index (χ3v) is 5.57. The van der Waals surface area contributed by atoms with Gasteiger partial charge in [0.25, 0.3) is 5.91 Å². The summed E-state index contributed by atoms with van der Waals surface area (Å²) in [6.07, 6.45) is 6.61. The number of carbonyl (C=O) groups is 2. The fraction of sp³-hybridized carbons (Fsp3) is 0.650. The lowest BCUT2D eigenvalue weighted by atomic mass is 9.82. The number of hydrogen-bond acceptors (Lipinski definition) is 5. The molecule has 0 bridgehead atoms. The Bertz CT molecular complexity index is 679. The van der Waals surface area contributed by atoms with E-state index in [0.29, 0.717) is 18.0 Å². The summed E-state index contributed by atoms with van der Waals surface area (Å²) in [6, 6.07) is 3.29. The van der Waals surface area contributed by atoms with Crippen LogP contribution >= 0.6 is 0 Å². The minimum absolute atomic E-state index is 0.0730. The molecule has 1 N–H and O–H groups in total. The maximum Gasteiger partial charge on any atom is 0.259 e. The summed E-state index contributed by atoms with van der Waals surface area (Å²) in [7, 11) is 3.03. The summed E-state index contributed by atoms with van der Waals surface area (Å²) < 4.78 is 10.5. The van der Waals surface area contributed by atoms with Crippen LogP contribution in [0.4, 0.5) is 0 Å². The van der Waals surface area contributed by atoms with E-state index in [2.05, 4.69) is 10.3 Å². The molecule has 148 valence electrons. The van der Waals surface area contributed by atoms with Gasteiger partial charge in [-0.05, 0) is 38.2 Å². The van der Waals surface area contributed by atoms with E-state index in [0.717, 1.165) is 51.5 Å². The van der Waals surface area contributed by atoms with E-state index in [-0.39, 0.29) is 29.7 Å². The van der Waals surface area contributed by atoms with Crippen molar-refractivity contribution in [2.24, 2.45) is 5.92 Å². The highest BCUT2D eigenvalue weighted by Crippen LogP contribution is 2.32. The molecule has 1 saturated heterocycles. The van der Waals surface area contributed by atoms with Gasteiger partial charge in [-0.2, -0.15) is 4.98 Å². The maximum absolute atomic E-state index is 13.4. The highest BCUT2D eigenvalue weighted by Gasteiger charge is 2.38. The number of pyridine rings is 1. The lowest BCUT2D eigenvalue weighted by Gasteiger charge is -2.40. The minimum Gasteiger partial charge on any atom is -0.481 e. The smallest absolute Gasteiger partial charge is 0.259 e. The van der Waals surface area contributed by atoms with Crippen LogP contribution in [0.1, 0.15) is 55.3 Å². The number of ether oxygens (including phenoxy) is 2. The molecule has 2 amide bonds. The first-order valence-corrected chi connectivity index (χ1v) is 9.83. The molecular formula is C20H29N3O4. The summed E-state index contributed by atoms with van der Waals surface area (Å²) >= 11 is 0. The monoisotopic (exact) mass is 375 g/mol. The molecule has 0 spiro atoms. The minimum atomic E-state index is -0.141. The molecule has 1 aromatic heterocycles. The zero-order chi connectivity index (χ0) is 19.2. The van der Waals surface area contributed by atoms with Crippen molar-refractivity contribution < 1.29 is 19.1 Å². The van der Waals surface area contributed by atoms with Gasteiger partial charge in [-0.15, -0.1) is 0 Å². The topological polar surface area (TPSA) is 80.8 Å². The zero-order valence-corrected chi connectivity index (χ0v) is 16.2. The molecule has 7 nitrogen and oxygen atoms in total. The first kappa shape index (κ1) is 19.5. The molecular weight excluding hydrogens is 346 g/mol. The number of fused-ring (bicyclic) bond motifs is 1. The Morgan fingerprint density at radius 3 is 2.70 bits per heavy atom. The van der Waals surface area contributed by atoms with Gasteiger partial charge in [-0.1, -0.05) is 12.8 Å². The van der Waals surface area contributed by atoms with Gasteiger partial charge in [0.2, 0.25) is 17.7 Å². The summed E-state index contributed by atoms with van der Waals surface area (Å²) in [5.41, 5.74) is 0.417. The fourth-order valence-corrected chi connectivity index (χ4v) is 4.15. The quantitative estimate of drug-likeness (QED) is 0.877. The van der Waals surface area contributed by atoms with Crippen molar-refractivity contribution in [1.82, 2.24) is 15.2 Å². The Balaban J connectivity index is 1.92. The van der Waals surface area contributed by atoms with Crippen molar-refractivity contribution in [3.8, 4) is 11.8 Å². The number of hydrogen-bond donors (Lipinski definition) is 1. The van der Waals surface area contributed by atoms with E-state index in [1.165, 1.54) is 14.2 Å². The SMILES string of the molecule is COc1ccc(C(=O)N2CCCCCNC(=O)[C@@H]3CCCC[C@@H]32)c(OC)n1. The van der Waals surface area contributed by atoms with Crippen LogP contribution in [0.3, 0.4) is 0 Å². The van der Waals surface area contributed by atoms with Crippen molar-refractivity contribution in [1.29, 1.82) is 0 Å². The summed E-state index contributed by atoms with van der Waals surface area (Å²) in [6.45, 7) is 1.38. The van der Waals surface area contributed by atoms with Gasteiger partial charge < -0.3 is 19.7 Å². The lowest BCUT2D eigenvalue weighted by Crippen LogP contribution is -2.51. The van der Waals surface area contributed by atoms with Crippen molar-refractivity contribution in [2.45, 2.75) is 51.0 Å². The molecule has 2 aliphatic rings. The fourth-order valence-electron chi connectivity index (χ4n) is 4.15. The van der Waals surface area contributed by atoms with Crippen molar-refractivity contribution in [2.75, 3.05) is 27.3 Å². The molecule has 0 unspecified atom stereocenters. The number of methoxy groups -OCH3 is 2. The number of nitrogens with zero attached hydrogens (tertiary/aromatic N) is 2. The third-order valence-electron chi connectivity index (χ3n) is 5.57. The van der Waals surface area contributed by atoms with Crippen molar-refractivity contribution in [3.63, 3.8) is 0 Å². The van der Waals surface area contributed by atoms with Crippen molar-refractivity contribution >= 4 is 11.8 Å². The predicted molar refractivity (Wildman–Crippen MR) is 101 cm³/mol. The molecule has 1 aliphatic carbocycles. The average molecular weight is 375 g/mol. The van der Waals surface area contributed by atoms with Gasteiger partial charge in [0, 0.05) is 25.2 Å². The van der Waals surface area contributed by atoms with Gasteiger partial charge in [0.1, 0.15) is 5.56 Å². The van der Waals surface area contributed by atoms with E-state index in [9.17, 15) is 9.59 Å². The van der Waals surface area contributed by atoms with Crippen LogP contribution in [0, 0.1) is 5.92 Å². The van der Waals surface area contributed by atoms with Gasteiger partial charge in [0.15, 0.2) is 0 Å². The maximum atomic E-state index is 13.4. The van der Waals surface area contributed by atoms with Gasteiger partial charge >= 0.3 is 0 Å². The summed E-state index contributed by atoms with van der Waals surface area (Å²) in [4.78, 5) is 32.3. The molecule has 2 fully saturated rings. The van der Waals surface area contributed by atoms with Crippen LogP contribution in [0.15, 0.2) is 12.1 Å². The number of nitrogens with one attached hydrogen (secondary N) is 1. The number of aromatic nitrogens is 1. The Labute approximate surface area is 160 Å². The van der Waals surface area contributed by atoms with Crippen molar-refractivity contribution in [3.05, 3.63) is 17.7 Å². The molecule has 27 heavy (non-hydrogen) atoms. The van der Waals surface area contributed by atoms with E-state index < -0.39 is 0 Å². The Kier molecular flexibility index (Phi) is 6.53.